The van der Waals surface area contributed by atoms with Crippen molar-refractivity contribution in [3.8, 4) is 0 Å². The van der Waals surface area contributed by atoms with Crippen LogP contribution in [0, 0.1) is 0 Å². The second-order valence-corrected chi connectivity index (χ2v) is 3.23. The molecule has 5 N–H and O–H groups in total. The summed E-state index contributed by atoms with van der Waals surface area (Å²) >= 11 is 0. The van der Waals surface area contributed by atoms with Crippen molar-refractivity contribution in [2.75, 3.05) is 6.61 Å². The zero-order valence-electron chi connectivity index (χ0n) is 6.40. The summed E-state index contributed by atoms with van der Waals surface area (Å²) in [5, 5.41) is 27.6. The Kier molecular flexibility index (Phi) is 2.49. The molecule has 0 amide bonds. The van der Waals surface area contributed by atoms with Crippen LogP contribution in [-0.2, 0) is 0 Å². The molecule has 0 radical (unpaired) electrons. The van der Waals surface area contributed by atoms with Crippen LogP contribution in [0.2, 0.25) is 0 Å². The van der Waals surface area contributed by atoms with Gasteiger partial charge >= 0.3 is 0 Å². The lowest BCUT2D eigenvalue weighted by Crippen LogP contribution is -2.64. The lowest BCUT2D eigenvalue weighted by Gasteiger charge is -2.40. The first kappa shape index (κ1) is 8.93. The van der Waals surface area contributed by atoms with Gasteiger partial charge in [0, 0.05) is 0 Å². The average molecular weight is 161 g/mol. The monoisotopic (exact) mass is 161 g/mol. The molecule has 0 aromatic heterocycles. The molecule has 0 spiro atoms. The fourth-order valence-corrected chi connectivity index (χ4v) is 1.47. The number of aliphatic hydroxyl groups excluding tert-OH is 3. The molecule has 1 saturated carbocycles. The molecule has 1 fully saturated rings. The third-order valence-corrected chi connectivity index (χ3v) is 2.47. The predicted molar refractivity (Wildman–Crippen MR) is 39.9 cm³/mol. The van der Waals surface area contributed by atoms with E-state index in [4.69, 9.17) is 10.8 Å². The first-order chi connectivity index (χ1) is 5.11. The molecule has 1 rings (SSSR count). The normalized spacial score (nSPS) is 45.8. The Morgan fingerprint density at radius 3 is 2.00 bits per heavy atom. The summed E-state index contributed by atoms with van der Waals surface area (Å²) in [7, 11) is 0. The second-order valence-electron chi connectivity index (χ2n) is 3.23. The van der Waals surface area contributed by atoms with Crippen LogP contribution in [0.4, 0.5) is 0 Å². The molecule has 2 unspecified atom stereocenters. The molecule has 66 valence electrons. The van der Waals surface area contributed by atoms with Gasteiger partial charge in [-0.1, -0.05) is 0 Å². The third-order valence-electron chi connectivity index (χ3n) is 2.47. The smallest absolute Gasteiger partial charge is 0.0913 e. The van der Waals surface area contributed by atoms with Crippen LogP contribution in [0.15, 0.2) is 0 Å². The van der Waals surface area contributed by atoms with Crippen molar-refractivity contribution in [2.24, 2.45) is 5.73 Å². The minimum atomic E-state index is -1.20. The molecule has 0 aliphatic heterocycles. The number of rotatable bonds is 1. The largest absolute Gasteiger partial charge is 0.394 e. The zero-order valence-corrected chi connectivity index (χ0v) is 6.40. The van der Waals surface area contributed by atoms with Gasteiger partial charge in [0.2, 0.25) is 0 Å². The maximum Gasteiger partial charge on any atom is 0.0913 e. The second kappa shape index (κ2) is 3.06. The molecule has 1 aliphatic rings. The fourth-order valence-electron chi connectivity index (χ4n) is 1.47. The molecule has 0 heterocycles. The number of nitrogens with two attached hydrogens (primary N) is 1. The van der Waals surface area contributed by atoms with Crippen molar-refractivity contribution in [2.45, 2.75) is 37.0 Å². The van der Waals surface area contributed by atoms with E-state index in [1.165, 1.54) is 0 Å². The maximum absolute atomic E-state index is 9.35. The van der Waals surface area contributed by atoms with E-state index in [-0.39, 0.29) is 6.61 Å². The highest BCUT2D eigenvalue weighted by Crippen LogP contribution is 2.26. The first-order valence-electron chi connectivity index (χ1n) is 3.87. The van der Waals surface area contributed by atoms with E-state index in [1.807, 2.05) is 0 Å². The summed E-state index contributed by atoms with van der Waals surface area (Å²) in [6, 6.07) is 0. The van der Waals surface area contributed by atoms with Crippen LogP contribution in [0.3, 0.4) is 0 Å². The van der Waals surface area contributed by atoms with Gasteiger partial charge in [-0.3, -0.25) is 0 Å². The van der Waals surface area contributed by atoms with Crippen molar-refractivity contribution in [1.82, 2.24) is 0 Å². The topological polar surface area (TPSA) is 86.7 Å². The molecule has 1 aliphatic carbocycles. The number of hydrogen-bond donors (Lipinski definition) is 4. The molecule has 11 heavy (non-hydrogen) atoms. The van der Waals surface area contributed by atoms with Crippen molar-refractivity contribution < 1.29 is 15.3 Å². The van der Waals surface area contributed by atoms with Crippen LogP contribution in [0.25, 0.3) is 0 Å². The molecule has 0 aromatic rings. The van der Waals surface area contributed by atoms with E-state index in [0.29, 0.717) is 12.8 Å². The molecule has 0 bridgehead atoms. The number of hydrogen-bond acceptors (Lipinski definition) is 4. The van der Waals surface area contributed by atoms with Gasteiger partial charge in [-0.2, -0.15) is 0 Å². The van der Waals surface area contributed by atoms with E-state index in [1.54, 1.807) is 0 Å². The Morgan fingerprint density at radius 1 is 1.27 bits per heavy atom. The van der Waals surface area contributed by atoms with Crippen LogP contribution >= 0.6 is 0 Å². The van der Waals surface area contributed by atoms with Gasteiger partial charge in [0.05, 0.1) is 24.4 Å². The first-order valence-corrected chi connectivity index (χ1v) is 3.87. The highest BCUT2D eigenvalue weighted by molar-refractivity contribution is 5.00. The van der Waals surface area contributed by atoms with Crippen molar-refractivity contribution in [3.63, 3.8) is 0 Å². The summed E-state index contributed by atoms with van der Waals surface area (Å²) in [5.41, 5.74) is 4.40. The Balaban J connectivity index is 2.69. The lowest BCUT2D eigenvalue weighted by molar-refractivity contribution is -0.0673. The average Bonchev–Trinajstić information content (AvgIpc) is 2.00. The Bertz CT molecular complexity index is 130. The predicted octanol–water partition coefficient (Wildman–Crippen LogP) is -1.42. The quantitative estimate of drug-likeness (QED) is 0.380. The summed E-state index contributed by atoms with van der Waals surface area (Å²) in [6.07, 6.45) is 0.330. The van der Waals surface area contributed by atoms with E-state index < -0.39 is 17.7 Å². The highest BCUT2D eigenvalue weighted by Gasteiger charge is 2.42. The molecular weight excluding hydrogens is 146 g/mol. The summed E-state index contributed by atoms with van der Waals surface area (Å²) in [5.74, 6) is 0. The molecule has 0 saturated heterocycles. The SMILES string of the molecule is NC1(CO)C(O)CCCC1O. The fraction of sp³-hybridized carbons (Fsp3) is 1.00. The molecular formula is C7H15NO3. The van der Waals surface area contributed by atoms with Crippen LogP contribution in [0.1, 0.15) is 19.3 Å². The number of aliphatic hydroxyl groups is 3. The van der Waals surface area contributed by atoms with Gasteiger partial charge in [0.15, 0.2) is 0 Å². The minimum Gasteiger partial charge on any atom is -0.394 e. The Morgan fingerprint density at radius 2 is 1.73 bits per heavy atom. The molecule has 0 aromatic carbocycles. The highest BCUT2D eigenvalue weighted by atomic mass is 16.3. The van der Waals surface area contributed by atoms with Crippen LogP contribution in [-0.4, -0.2) is 39.7 Å². The van der Waals surface area contributed by atoms with E-state index in [9.17, 15) is 10.2 Å². The maximum atomic E-state index is 9.35. The minimum absolute atomic E-state index is 0.366. The lowest BCUT2D eigenvalue weighted by atomic mass is 9.78. The van der Waals surface area contributed by atoms with Gasteiger partial charge in [0.1, 0.15) is 0 Å². The Hall–Kier alpha value is -0.160. The molecule has 4 nitrogen and oxygen atoms in total. The standard InChI is InChI=1S/C7H15NO3/c8-7(4-9)5(10)2-1-3-6(7)11/h5-6,9-11H,1-4,8H2. The van der Waals surface area contributed by atoms with Gasteiger partial charge in [-0.25, -0.2) is 0 Å². The molecule has 2 atom stereocenters. The summed E-state index contributed by atoms with van der Waals surface area (Å²) in [4.78, 5) is 0. The van der Waals surface area contributed by atoms with Gasteiger partial charge in [0.25, 0.3) is 0 Å². The van der Waals surface area contributed by atoms with Gasteiger partial charge in [-0.15, -0.1) is 0 Å². The molecule has 4 heteroatoms. The van der Waals surface area contributed by atoms with Gasteiger partial charge in [-0.05, 0) is 19.3 Å². The van der Waals surface area contributed by atoms with E-state index in [2.05, 4.69) is 0 Å². The zero-order chi connectivity index (χ0) is 8.48. The Labute approximate surface area is 65.6 Å². The van der Waals surface area contributed by atoms with Crippen molar-refractivity contribution in [3.05, 3.63) is 0 Å². The third kappa shape index (κ3) is 1.39. The van der Waals surface area contributed by atoms with E-state index in [0.717, 1.165) is 6.42 Å². The van der Waals surface area contributed by atoms with Crippen molar-refractivity contribution in [1.29, 1.82) is 0 Å². The summed E-state index contributed by atoms with van der Waals surface area (Å²) < 4.78 is 0. The van der Waals surface area contributed by atoms with E-state index >= 15 is 0 Å². The summed E-state index contributed by atoms with van der Waals surface area (Å²) in [6.45, 7) is -0.366. The van der Waals surface area contributed by atoms with Crippen LogP contribution in [0.5, 0.6) is 0 Å². The van der Waals surface area contributed by atoms with Gasteiger partial charge < -0.3 is 21.1 Å². The van der Waals surface area contributed by atoms with Crippen LogP contribution < -0.4 is 5.73 Å². The van der Waals surface area contributed by atoms with Crippen molar-refractivity contribution >= 4 is 0 Å².